The zero-order valence-corrected chi connectivity index (χ0v) is 33.2. The molecule has 0 saturated carbocycles. The van der Waals surface area contributed by atoms with E-state index in [1.165, 1.54) is 61.5 Å². The molecule has 3 fully saturated rings. The third-order valence-corrected chi connectivity index (χ3v) is 10.9. The van der Waals surface area contributed by atoms with Gasteiger partial charge in [0.05, 0.1) is 30.9 Å². The van der Waals surface area contributed by atoms with Crippen molar-refractivity contribution in [3.63, 3.8) is 0 Å². The molecule has 1 unspecified atom stereocenters. The molecule has 4 aliphatic rings. The number of carbonyl (C=O) groups excluding carboxylic acids is 1. The number of hydrogen-bond acceptors (Lipinski definition) is 20. The number of benzene rings is 3. The van der Waals surface area contributed by atoms with Crippen LogP contribution in [0.15, 0.2) is 72.5 Å². The highest BCUT2D eigenvalue weighted by Gasteiger charge is 2.50. The minimum absolute atomic E-state index is 0.0352. The van der Waals surface area contributed by atoms with Crippen LogP contribution in [0.4, 0.5) is 0 Å². The summed E-state index contributed by atoms with van der Waals surface area (Å²) in [5, 5.41) is 126. The molecular formula is C42H49O21+. The fraction of sp³-hybridized carbons (Fsp3) is 0.452. The third kappa shape index (κ3) is 10.0. The molecule has 7 rings (SSSR count). The van der Waals surface area contributed by atoms with Gasteiger partial charge in [-0.1, -0.05) is 12.1 Å². The number of aromatic hydroxyl groups is 4. The molecule has 4 heterocycles. The van der Waals surface area contributed by atoms with Crippen LogP contribution >= 0.6 is 0 Å². The predicted molar refractivity (Wildman–Crippen MR) is 210 cm³/mol. The first-order valence-electron chi connectivity index (χ1n) is 19.8. The lowest BCUT2D eigenvalue weighted by molar-refractivity contribution is -0.325. The molecule has 0 spiro atoms. The average Bonchev–Trinajstić information content (AvgIpc) is 3.26. The van der Waals surface area contributed by atoms with E-state index in [0.717, 1.165) is 12.1 Å². The third-order valence-electron chi connectivity index (χ3n) is 10.9. The van der Waals surface area contributed by atoms with Crippen LogP contribution in [0.1, 0.15) is 29.7 Å². The second kappa shape index (κ2) is 19.3. The molecule has 0 bridgehead atoms. The van der Waals surface area contributed by atoms with Crippen molar-refractivity contribution in [1.82, 2.24) is 0 Å². The lowest BCUT2D eigenvalue weighted by atomic mass is 9.98. The van der Waals surface area contributed by atoms with Crippen molar-refractivity contribution >= 4 is 18.1 Å². The zero-order chi connectivity index (χ0) is 45.3. The first kappa shape index (κ1) is 45.9. The van der Waals surface area contributed by atoms with E-state index in [9.17, 15) is 66.1 Å². The van der Waals surface area contributed by atoms with Gasteiger partial charge in [-0.05, 0) is 55.0 Å². The molecule has 21 nitrogen and oxygen atoms in total. The Labute approximate surface area is 358 Å². The van der Waals surface area contributed by atoms with Gasteiger partial charge in [-0.25, -0.2) is 4.79 Å². The van der Waals surface area contributed by atoms with E-state index in [1.54, 1.807) is 12.1 Å². The molecule has 342 valence electrons. The Balaban J connectivity index is 1.07. The number of phenols is 3. The van der Waals surface area contributed by atoms with E-state index in [1.807, 2.05) is 0 Å². The van der Waals surface area contributed by atoms with Crippen LogP contribution in [0.3, 0.4) is 0 Å². The summed E-state index contributed by atoms with van der Waals surface area (Å²) in [4.78, 5) is 12.6. The number of esters is 1. The molecule has 3 saturated heterocycles. The molecule has 0 amide bonds. The highest BCUT2D eigenvalue weighted by atomic mass is 16.7. The molecule has 13 N–H and O–H groups in total. The first-order chi connectivity index (χ1) is 30.0. The summed E-state index contributed by atoms with van der Waals surface area (Å²) in [6.07, 6.45) is -21.7. The van der Waals surface area contributed by atoms with Crippen molar-refractivity contribution in [2.45, 2.75) is 105 Å². The normalized spacial score (nSPS) is 35.6. The Morgan fingerprint density at radius 1 is 0.683 bits per heavy atom. The van der Waals surface area contributed by atoms with E-state index in [2.05, 4.69) is 0 Å². The molecule has 63 heavy (non-hydrogen) atoms. The Kier molecular flexibility index (Phi) is 14.1. The summed E-state index contributed by atoms with van der Waals surface area (Å²) in [6, 6.07) is 14.1. The van der Waals surface area contributed by atoms with E-state index in [4.69, 9.17) is 37.9 Å². The number of rotatable bonds is 12. The summed E-state index contributed by atoms with van der Waals surface area (Å²) in [6.45, 7) is 0.0997. The fourth-order valence-electron chi connectivity index (χ4n) is 7.36. The average molecular weight is 890 g/mol. The van der Waals surface area contributed by atoms with Crippen molar-refractivity contribution < 1.29 is 104 Å². The van der Waals surface area contributed by atoms with Gasteiger partial charge in [0.15, 0.2) is 18.2 Å². The lowest BCUT2D eigenvalue weighted by Gasteiger charge is -2.43. The number of aliphatic hydroxyl groups excluding tert-OH is 9. The van der Waals surface area contributed by atoms with Gasteiger partial charge in [-0.15, -0.1) is 0 Å². The smallest absolute Gasteiger partial charge is 0.331 e. The summed E-state index contributed by atoms with van der Waals surface area (Å²) in [5.74, 6) is -1.41. The van der Waals surface area contributed by atoms with Gasteiger partial charge in [0.1, 0.15) is 89.6 Å². The maximum absolute atomic E-state index is 12.6. The van der Waals surface area contributed by atoms with Gasteiger partial charge in [-0.2, -0.15) is 0 Å². The van der Waals surface area contributed by atoms with Crippen LogP contribution < -0.4 is 4.74 Å². The van der Waals surface area contributed by atoms with Crippen LogP contribution in [-0.4, -0.2) is 177 Å². The molecule has 16 atom stereocenters. The van der Waals surface area contributed by atoms with Crippen LogP contribution in [0, 0.1) is 0 Å². The van der Waals surface area contributed by atoms with E-state index < -0.39 is 117 Å². The monoisotopic (exact) mass is 889 g/mol. The number of ether oxygens (including phenoxy) is 8. The Bertz CT molecular complexity index is 2090. The summed E-state index contributed by atoms with van der Waals surface area (Å²) >= 11 is 0. The van der Waals surface area contributed by atoms with E-state index in [0.29, 0.717) is 11.1 Å². The zero-order valence-electron chi connectivity index (χ0n) is 33.2. The standard InChI is InChI=1S/C42H48O21/c1-17-38(63-29(47)11-4-18-2-7-20(44)8-3-18)34(52)37(55)40(57-17)56-16-28-31(49)33(51)36(54)42(62-28)60-26-14-23-24(58-39(26)19-5-9-21(45)10-6-19)12-22(46)13-25(23)59-41-35(53)32(50)30(48)27(15-43)61-41/h2-14,17,27-28,30-46,48-55H,15-16H2,1H3/p+1/b11-4+/t17-,27+,28+,30+,31+,32-,33-,34+,35+,36+,37+,38-,39?,40+,41+,42+/m0/s1. The first-order valence-corrected chi connectivity index (χ1v) is 19.8. The topological polar surface area (TPSA) is 337 Å². The van der Waals surface area contributed by atoms with E-state index in [-0.39, 0.29) is 40.1 Å². The number of carbonyl (C=O) groups is 1. The molecule has 3 aromatic carbocycles. The Hall–Kier alpha value is -5.11. The van der Waals surface area contributed by atoms with Crippen molar-refractivity contribution in [2.75, 3.05) is 13.2 Å². The second-order valence-electron chi connectivity index (χ2n) is 15.3. The Morgan fingerprint density at radius 3 is 1.92 bits per heavy atom. The quantitative estimate of drug-likeness (QED) is 0.0545. The molecule has 0 aliphatic carbocycles. The summed E-state index contributed by atoms with van der Waals surface area (Å²) < 4.78 is 44.9. The maximum atomic E-state index is 12.6. The number of aliphatic hydroxyl groups is 10. The lowest BCUT2D eigenvalue weighted by Crippen LogP contribution is -2.61. The molecular weight excluding hydrogens is 840 g/mol. The predicted octanol–water partition coefficient (Wildman–Crippen LogP) is -1.75. The van der Waals surface area contributed by atoms with Crippen LogP contribution in [0.2, 0.25) is 0 Å². The van der Waals surface area contributed by atoms with Crippen molar-refractivity contribution in [3.05, 3.63) is 89.2 Å². The molecule has 21 heteroatoms. The highest BCUT2D eigenvalue weighted by molar-refractivity contribution is 5.87. The van der Waals surface area contributed by atoms with Crippen molar-refractivity contribution in [1.29, 1.82) is 0 Å². The van der Waals surface area contributed by atoms with Crippen molar-refractivity contribution in [2.24, 2.45) is 0 Å². The summed E-state index contributed by atoms with van der Waals surface area (Å²) in [7, 11) is 0. The largest absolute Gasteiger partial charge is 0.571 e. The van der Waals surface area contributed by atoms with Crippen molar-refractivity contribution in [3.8, 4) is 28.7 Å². The fourth-order valence-corrected chi connectivity index (χ4v) is 7.36. The molecule has 0 aromatic heterocycles. The maximum Gasteiger partial charge on any atom is 0.331 e. The number of phenolic OH excluding ortho intramolecular Hbond substituents is 3. The van der Waals surface area contributed by atoms with Gasteiger partial charge >= 0.3 is 5.97 Å². The minimum atomic E-state index is -1.90. The second-order valence-corrected chi connectivity index (χ2v) is 15.3. The number of hydrogen-bond donors (Lipinski definition) is 12. The van der Waals surface area contributed by atoms with Gasteiger partial charge in [-0.3, -0.25) is 0 Å². The van der Waals surface area contributed by atoms with Gasteiger partial charge < -0.3 is 99.2 Å². The van der Waals surface area contributed by atoms with Gasteiger partial charge in [0, 0.05) is 18.2 Å². The van der Waals surface area contributed by atoms with Crippen LogP contribution in [0.5, 0.6) is 28.7 Å². The van der Waals surface area contributed by atoms with Gasteiger partial charge in [0.25, 0.3) is 11.9 Å². The molecule has 0 radical (unpaired) electrons. The summed E-state index contributed by atoms with van der Waals surface area (Å²) in [5.41, 5.74) is 1.10. The van der Waals surface area contributed by atoms with Crippen LogP contribution in [-0.2, 0) is 33.2 Å². The number of fused-ring (bicyclic) bond motifs is 1. The highest BCUT2D eigenvalue weighted by Crippen LogP contribution is 2.46. The van der Waals surface area contributed by atoms with Crippen LogP contribution in [0.25, 0.3) is 12.2 Å². The molecule has 4 aliphatic heterocycles. The Morgan fingerprint density at radius 2 is 1.27 bits per heavy atom. The molecule has 3 aromatic rings. The van der Waals surface area contributed by atoms with E-state index >= 15 is 0 Å². The minimum Gasteiger partial charge on any atom is -0.571 e. The SMILES string of the molecule is C[C@@H]1O[C@@H](OC[C@H]2O[C@@H](OC3=Cc4c(O[C@@H]5O[C@H](CO)[C@@H](O)[C@H](O)[C@H]5O)cc(O)cc4[OH+]C3c3ccc(O)cc3)[C@H](O)[C@@H](O)[C@@H]2O)[C@H](O)[C@@H](O)[C@H]1OC(=O)/C=C/c1ccc(O)cc1. The van der Waals surface area contributed by atoms with Gasteiger partial charge in [0.2, 0.25) is 12.6 Å².